The van der Waals surface area contributed by atoms with Gasteiger partial charge < -0.3 is 10.1 Å². The van der Waals surface area contributed by atoms with Crippen LogP contribution in [0.15, 0.2) is 71.6 Å². The number of hydrogen-bond donors (Lipinski definition) is 1. The van der Waals surface area contributed by atoms with Gasteiger partial charge in [-0.3, -0.25) is 4.79 Å². The largest absolute Gasteiger partial charge is 0.495 e. The summed E-state index contributed by atoms with van der Waals surface area (Å²) in [7, 11) is -2.56. The minimum Gasteiger partial charge on any atom is -0.495 e. The second kappa shape index (κ2) is 10.6. The number of carbonyl (C=O) groups excluding carboxylic acids is 1. The van der Waals surface area contributed by atoms with Gasteiger partial charge in [-0.05, 0) is 73.7 Å². The molecule has 174 valence electrons. The predicted molar refractivity (Wildman–Crippen MR) is 131 cm³/mol. The van der Waals surface area contributed by atoms with Crippen LogP contribution in [0, 0.1) is 20.8 Å². The lowest BCUT2D eigenvalue weighted by Gasteiger charge is -2.23. The smallest absolute Gasteiger partial charge is 0.247 e. The summed E-state index contributed by atoms with van der Waals surface area (Å²) in [5, 5.41) is 2.83. The van der Waals surface area contributed by atoms with Crippen molar-refractivity contribution in [3.8, 4) is 5.75 Å². The molecule has 3 aromatic carbocycles. The molecule has 33 heavy (non-hydrogen) atoms. The molecule has 0 spiro atoms. The minimum absolute atomic E-state index is 0.0528. The van der Waals surface area contributed by atoms with Gasteiger partial charge in [-0.15, -0.1) is 0 Å². The van der Waals surface area contributed by atoms with Crippen LogP contribution in [0.2, 0.25) is 0 Å². The molecule has 0 aliphatic rings. The Morgan fingerprint density at radius 1 is 0.939 bits per heavy atom. The van der Waals surface area contributed by atoms with E-state index < -0.39 is 15.9 Å². The summed E-state index contributed by atoms with van der Waals surface area (Å²) >= 11 is 0. The maximum Gasteiger partial charge on any atom is 0.247 e. The average Bonchev–Trinajstić information content (AvgIpc) is 2.79. The summed E-state index contributed by atoms with van der Waals surface area (Å²) < 4.78 is 33.8. The third kappa shape index (κ3) is 6.21. The van der Waals surface area contributed by atoms with Crippen LogP contribution in [-0.2, 0) is 21.2 Å². The number of nitrogens with zero attached hydrogens (tertiary/aromatic N) is 1. The maximum atomic E-state index is 13.6. The molecule has 0 aromatic heterocycles. The van der Waals surface area contributed by atoms with Crippen molar-refractivity contribution < 1.29 is 17.9 Å². The van der Waals surface area contributed by atoms with Gasteiger partial charge in [0.05, 0.1) is 13.7 Å². The van der Waals surface area contributed by atoms with Gasteiger partial charge in [0.15, 0.2) is 0 Å². The van der Waals surface area contributed by atoms with Gasteiger partial charge in [0.1, 0.15) is 10.6 Å². The Balaban J connectivity index is 1.89. The third-order valence-electron chi connectivity index (χ3n) is 5.54. The van der Waals surface area contributed by atoms with E-state index in [-0.39, 0.29) is 23.7 Å². The zero-order valence-electron chi connectivity index (χ0n) is 19.5. The molecule has 1 N–H and O–H groups in total. The predicted octanol–water partition coefficient (Wildman–Crippen LogP) is 4.49. The standard InChI is InChI=1S/C26H30N2O4S/c1-19-10-13-24(32-4)25(16-19)33(30,31)28(15-14-22-8-6-5-7-9-22)18-26(29)27-23-12-11-20(2)21(3)17-23/h5-13,16-17H,14-15,18H2,1-4H3,(H,27,29). The lowest BCUT2D eigenvalue weighted by atomic mass is 10.1. The lowest BCUT2D eigenvalue weighted by Crippen LogP contribution is -2.39. The SMILES string of the molecule is COc1ccc(C)cc1S(=O)(=O)N(CCc1ccccc1)CC(=O)Nc1ccc(C)c(C)c1. The first-order chi connectivity index (χ1) is 15.7. The summed E-state index contributed by atoms with van der Waals surface area (Å²) in [6.45, 7) is 5.63. The summed E-state index contributed by atoms with van der Waals surface area (Å²) in [6.07, 6.45) is 0.477. The molecule has 0 saturated carbocycles. The Kier molecular flexibility index (Phi) is 7.89. The fourth-order valence-corrected chi connectivity index (χ4v) is 5.12. The highest BCUT2D eigenvalue weighted by atomic mass is 32.2. The monoisotopic (exact) mass is 466 g/mol. The lowest BCUT2D eigenvalue weighted by molar-refractivity contribution is -0.116. The molecule has 0 unspecified atom stereocenters. The highest BCUT2D eigenvalue weighted by Gasteiger charge is 2.29. The van der Waals surface area contributed by atoms with E-state index in [0.717, 1.165) is 22.3 Å². The van der Waals surface area contributed by atoms with E-state index in [1.165, 1.54) is 11.4 Å². The molecular weight excluding hydrogens is 436 g/mol. The molecule has 0 radical (unpaired) electrons. The number of aryl methyl sites for hydroxylation is 3. The normalized spacial score (nSPS) is 11.4. The number of carbonyl (C=O) groups is 1. The summed E-state index contributed by atoms with van der Waals surface area (Å²) in [4.78, 5) is 12.9. The molecule has 0 aliphatic heterocycles. The minimum atomic E-state index is -3.99. The molecule has 0 aliphatic carbocycles. The van der Waals surface area contributed by atoms with Crippen LogP contribution in [0.4, 0.5) is 5.69 Å². The fraction of sp³-hybridized carbons (Fsp3) is 0.269. The molecule has 0 atom stereocenters. The third-order valence-corrected chi connectivity index (χ3v) is 7.41. The number of amides is 1. The van der Waals surface area contributed by atoms with Crippen molar-refractivity contribution in [2.24, 2.45) is 0 Å². The van der Waals surface area contributed by atoms with E-state index in [9.17, 15) is 13.2 Å². The van der Waals surface area contributed by atoms with Gasteiger partial charge in [0.2, 0.25) is 15.9 Å². The number of nitrogens with one attached hydrogen (secondary N) is 1. The summed E-state index contributed by atoms with van der Waals surface area (Å²) in [5.74, 6) is -0.151. The Bertz CT molecular complexity index is 1220. The Labute approximate surface area is 196 Å². The number of hydrogen-bond acceptors (Lipinski definition) is 4. The topological polar surface area (TPSA) is 75.7 Å². The molecular formula is C26H30N2O4S. The van der Waals surface area contributed by atoms with Gasteiger partial charge in [-0.2, -0.15) is 4.31 Å². The van der Waals surface area contributed by atoms with Crippen LogP contribution < -0.4 is 10.1 Å². The first kappa shape index (κ1) is 24.5. The quantitative estimate of drug-likeness (QED) is 0.504. The first-order valence-corrected chi connectivity index (χ1v) is 12.2. The van der Waals surface area contributed by atoms with E-state index >= 15 is 0 Å². The van der Waals surface area contributed by atoms with Crippen molar-refractivity contribution in [2.45, 2.75) is 32.1 Å². The maximum absolute atomic E-state index is 13.6. The number of rotatable bonds is 9. The van der Waals surface area contributed by atoms with Crippen molar-refractivity contribution in [2.75, 3.05) is 25.5 Å². The van der Waals surface area contributed by atoms with Crippen molar-refractivity contribution in [1.82, 2.24) is 4.31 Å². The second-order valence-corrected chi connectivity index (χ2v) is 9.98. The van der Waals surface area contributed by atoms with E-state index in [0.29, 0.717) is 12.1 Å². The van der Waals surface area contributed by atoms with E-state index in [4.69, 9.17) is 4.74 Å². The molecule has 7 heteroatoms. The fourth-order valence-electron chi connectivity index (χ4n) is 3.49. The van der Waals surface area contributed by atoms with E-state index in [2.05, 4.69) is 5.32 Å². The van der Waals surface area contributed by atoms with Crippen LogP contribution in [0.25, 0.3) is 0 Å². The zero-order chi connectivity index (χ0) is 24.0. The number of benzene rings is 3. The highest BCUT2D eigenvalue weighted by Crippen LogP contribution is 2.28. The number of anilines is 1. The summed E-state index contributed by atoms with van der Waals surface area (Å²) in [6, 6.07) is 20.2. The molecule has 6 nitrogen and oxygen atoms in total. The van der Waals surface area contributed by atoms with Crippen molar-refractivity contribution >= 4 is 21.6 Å². The van der Waals surface area contributed by atoms with Crippen molar-refractivity contribution in [3.05, 3.63) is 89.0 Å². The molecule has 3 rings (SSSR count). The molecule has 0 saturated heterocycles. The van der Waals surface area contributed by atoms with Crippen LogP contribution >= 0.6 is 0 Å². The number of ether oxygens (including phenoxy) is 1. The van der Waals surface area contributed by atoms with E-state index in [1.807, 2.05) is 69.3 Å². The molecule has 0 bridgehead atoms. The van der Waals surface area contributed by atoms with Crippen molar-refractivity contribution in [3.63, 3.8) is 0 Å². The van der Waals surface area contributed by atoms with Crippen LogP contribution in [0.3, 0.4) is 0 Å². The van der Waals surface area contributed by atoms with Gasteiger partial charge in [0.25, 0.3) is 0 Å². The molecule has 0 fully saturated rings. The molecule has 0 heterocycles. The Hall–Kier alpha value is -3.16. The molecule has 3 aromatic rings. The van der Waals surface area contributed by atoms with Crippen LogP contribution in [-0.4, -0.2) is 38.8 Å². The van der Waals surface area contributed by atoms with Gasteiger partial charge >= 0.3 is 0 Å². The van der Waals surface area contributed by atoms with Crippen molar-refractivity contribution in [1.29, 1.82) is 0 Å². The number of sulfonamides is 1. The average molecular weight is 467 g/mol. The Morgan fingerprint density at radius 3 is 2.33 bits per heavy atom. The van der Waals surface area contributed by atoms with Crippen LogP contribution in [0.1, 0.15) is 22.3 Å². The van der Waals surface area contributed by atoms with Gasteiger partial charge in [0, 0.05) is 12.2 Å². The highest BCUT2D eigenvalue weighted by molar-refractivity contribution is 7.89. The second-order valence-electron chi connectivity index (χ2n) is 8.08. The Morgan fingerprint density at radius 2 is 1.67 bits per heavy atom. The van der Waals surface area contributed by atoms with E-state index in [1.54, 1.807) is 18.2 Å². The van der Waals surface area contributed by atoms with Crippen LogP contribution in [0.5, 0.6) is 5.75 Å². The zero-order valence-corrected chi connectivity index (χ0v) is 20.3. The van der Waals surface area contributed by atoms with Gasteiger partial charge in [-0.25, -0.2) is 8.42 Å². The van der Waals surface area contributed by atoms with Gasteiger partial charge in [-0.1, -0.05) is 42.5 Å². The first-order valence-electron chi connectivity index (χ1n) is 10.8. The molecule has 1 amide bonds. The number of methoxy groups -OCH3 is 1. The summed E-state index contributed by atoms with van der Waals surface area (Å²) in [5.41, 5.74) is 4.58.